The van der Waals surface area contributed by atoms with Crippen LogP contribution in [-0.2, 0) is 4.79 Å². The first-order valence-corrected chi connectivity index (χ1v) is 5.91. The van der Waals surface area contributed by atoms with Gasteiger partial charge in [0.05, 0.1) is 5.69 Å². The number of likely N-dealkylation sites (N-methyl/N-ethyl adjacent to an activating group) is 1. The Kier molecular flexibility index (Phi) is 3.60. The lowest BCUT2D eigenvalue weighted by Gasteiger charge is -2.26. The highest BCUT2D eigenvalue weighted by Crippen LogP contribution is 2.30. The van der Waals surface area contributed by atoms with Crippen molar-refractivity contribution >= 4 is 17.9 Å². The molecule has 18 heavy (non-hydrogen) atoms. The maximum Gasteiger partial charge on any atom is 0.242 e. The topological polar surface area (TPSA) is 49.4 Å². The Labute approximate surface area is 105 Å². The first kappa shape index (κ1) is 12.5. The van der Waals surface area contributed by atoms with Crippen LogP contribution in [0.2, 0.25) is 0 Å². The zero-order chi connectivity index (χ0) is 13.1. The highest BCUT2D eigenvalue weighted by atomic mass is 19.1. The van der Waals surface area contributed by atoms with Gasteiger partial charge >= 0.3 is 0 Å². The number of nitrogens with one attached hydrogen (secondary N) is 1. The maximum absolute atomic E-state index is 13.9. The molecule has 2 rings (SSSR count). The van der Waals surface area contributed by atoms with Crippen LogP contribution in [0.1, 0.15) is 23.2 Å². The average molecular weight is 250 g/mol. The second-order valence-electron chi connectivity index (χ2n) is 4.26. The van der Waals surface area contributed by atoms with E-state index in [1.54, 1.807) is 18.0 Å². The Morgan fingerprint density at radius 2 is 2.33 bits per heavy atom. The van der Waals surface area contributed by atoms with E-state index in [9.17, 15) is 14.0 Å². The SMILES string of the molecule is CNC(=O)C1CCCN1c1c(F)cccc1C=O. The number of benzene rings is 1. The van der Waals surface area contributed by atoms with Crippen molar-refractivity contribution in [2.75, 3.05) is 18.5 Å². The summed E-state index contributed by atoms with van der Waals surface area (Å²) in [4.78, 5) is 24.4. The van der Waals surface area contributed by atoms with Gasteiger partial charge in [0.25, 0.3) is 0 Å². The lowest BCUT2D eigenvalue weighted by molar-refractivity contribution is -0.121. The van der Waals surface area contributed by atoms with Crippen molar-refractivity contribution in [2.45, 2.75) is 18.9 Å². The van der Waals surface area contributed by atoms with E-state index in [0.717, 1.165) is 6.42 Å². The van der Waals surface area contributed by atoms with Gasteiger partial charge in [-0.2, -0.15) is 0 Å². The molecule has 1 heterocycles. The average Bonchev–Trinajstić information content (AvgIpc) is 2.86. The lowest BCUT2D eigenvalue weighted by atomic mass is 10.1. The van der Waals surface area contributed by atoms with Crippen LogP contribution in [0.4, 0.5) is 10.1 Å². The lowest BCUT2D eigenvalue weighted by Crippen LogP contribution is -2.42. The third kappa shape index (κ3) is 2.08. The predicted octanol–water partition coefficient (Wildman–Crippen LogP) is 1.35. The van der Waals surface area contributed by atoms with E-state index < -0.39 is 11.9 Å². The summed E-state index contributed by atoms with van der Waals surface area (Å²) in [6.07, 6.45) is 2.11. The largest absolute Gasteiger partial charge is 0.357 e. The van der Waals surface area contributed by atoms with Crippen LogP contribution < -0.4 is 10.2 Å². The Bertz CT molecular complexity index is 476. The van der Waals surface area contributed by atoms with Crippen LogP contribution in [0.15, 0.2) is 18.2 Å². The Balaban J connectivity index is 2.41. The molecule has 0 aromatic heterocycles. The van der Waals surface area contributed by atoms with Gasteiger partial charge in [-0.05, 0) is 25.0 Å². The minimum Gasteiger partial charge on any atom is -0.357 e. The molecular weight excluding hydrogens is 235 g/mol. The summed E-state index contributed by atoms with van der Waals surface area (Å²) in [6, 6.07) is 3.96. The monoisotopic (exact) mass is 250 g/mol. The second kappa shape index (κ2) is 5.16. The van der Waals surface area contributed by atoms with Crippen molar-refractivity contribution in [1.82, 2.24) is 5.32 Å². The predicted molar refractivity (Wildman–Crippen MR) is 66.2 cm³/mol. The molecule has 0 bridgehead atoms. The van der Waals surface area contributed by atoms with Gasteiger partial charge in [-0.15, -0.1) is 0 Å². The Morgan fingerprint density at radius 3 is 3.00 bits per heavy atom. The van der Waals surface area contributed by atoms with E-state index in [1.165, 1.54) is 12.1 Å². The molecule has 0 spiro atoms. The molecule has 1 amide bonds. The molecule has 1 atom stereocenters. The third-order valence-electron chi connectivity index (χ3n) is 3.23. The molecule has 1 aliphatic heterocycles. The number of halogens is 1. The van der Waals surface area contributed by atoms with E-state index in [1.807, 2.05) is 0 Å². The summed E-state index contributed by atoms with van der Waals surface area (Å²) in [7, 11) is 1.56. The van der Waals surface area contributed by atoms with Crippen LogP contribution in [0.25, 0.3) is 0 Å². The molecule has 1 aromatic rings. The number of para-hydroxylation sites is 1. The number of hydrogen-bond acceptors (Lipinski definition) is 3. The van der Waals surface area contributed by atoms with E-state index in [4.69, 9.17) is 0 Å². The molecule has 0 aliphatic carbocycles. The van der Waals surface area contributed by atoms with Crippen LogP contribution >= 0.6 is 0 Å². The maximum atomic E-state index is 13.9. The second-order valence-corrected chi connectivity index (χ2v) is 4.26. The zero-order valence-corrected chi connectivity index (χ0v) is 10.1. The van der Waals surface area contributed by atoms with Gasteiger partial charge in [0, 0.05) is 19.2 Å². The van der Waals surface area contributed by atoms with E-state index in [0.29, 0.717) is 19.3 Å². The highest BCUT2D eigenvalue weighted by Gasteiger charge is 2.32. The minimum atomic E-state index is -0.463. The molecule has 0 radical (unpaired) electrons. The van der Waals surface area contributed by atoms with E-state index in [2.05, 4.69) is 5.32 Å². The summed E-state index contributed by atoms with van der Waals surface area (Å²) in [5, 5.41) is 2.57. The van der Waals surface area contributed by atoms with Gasteiger partial charge in [0.1, 0.15) is 11.9 Å². The molecular formula is C13H15FN2O2. The fourth-order valence-corrected chi connectivity index (χ4v) is 2.40. The Morgan fingerprint density at radius 1 is 1.56 bits per heavy atom. The van der Waals surface area contributed by atoms with E-state index in [-0.39, 0.29) is 17.2 Å². The highest BCUT2D eigenvalue weighted by molar-refractivity contribution is 5.90. The van der Waals surface area contributed by atoms with Crippen molar-refractivity contribution in [3.8, 4) is 0 Å². The van der Waals surface area contributed by atoms with Gasteiger partial charge in [0.15, 0.2) is 6.29 Å². The smallest absolute Gasteiger partial charge is 0.242 e. The first-order chi connectivity index (χ1) is 8.69. The quantitative estimate of drug-likeness (QED) is 0.824. The van der Waals surface area contributed by atoms with Crippen molar-refractivity contribution in [2.24, 2.45) is 0 Å². The molecule has 1 aromatic carbocycles. The van der Waals surface area contributed by atoms with E-state index >= 15 is 0 Å². The zero-order valence-electron chi connectivity index (χ0n) is 10.1. The number of carbonyl (C=O) groups excluding carboxylic acids is 2. The molecule has 1 fully saturated rings. The van der Waals surface area contributed by atoms with Crippen molar-refractivity contribution in [3.63, 3.8) is 0 Å². The van der Waals surface area contributed by atoms with Crippen molar-refractivity contribution in [1.29, 1.82) is 0 Å². The molecule has 1 aliphatic rings. The molecule has 5 heteroatoms. The molecule has 1 unspecified atom stereocenters. The van der Waals surface area contributed by atoms with Crippen LogP contribution in [0, 0.1) is 5.82 Å². The van der Waals surface area contributed by atoms with Crippen molar-refractivity contribution in [3.05, 3.63) is 29.6 Å². The molecule has 4 nitrogen and oxygen atoms in total. The fourth-order valence-electron chi connectivity index (χ4n) is 2.40. The molecule has 0 saturated carbocycles. The van der Waals surface area contributed by atoms with Gasteiger partial charge in [-0.1, -0.05) is 6.07 Å². The summed E-state index contributed by atoms with van der Waals surface area (Å²) < 4.78 is 13.9. The summed E-state index contributed by atoms with van der Waals surface area (Å²) in [5.74, 6) is -0.608. The van der Waals surface area contributed by atoms with Gasteiger partial charge in [-0.3, -0.25) is 9.59 Å². The number of amides is 1. The number of carbonyl (C=O) groups is 2. The minimum absolute atomic E-state index is 0.146. The number of anilines is 1. The fraction of sp³-hybridized carbons (Fsp3) is 0.385. The van der Waals surface area contributed by atoms with Gasteiger partial charge in [-0.25, -0.2) is 4.39 Å². The van der Waals surface area contributed by atoms with Crippen LogP contribution in [0.5, 0.6) is 0 Å². The third-order valence-corrected chi connectivity index (χ3v) is 3.23. The van der Waals surface area contributed by atoms with Gasteiger partial charge in [0.2, 0.25) is 5.91 Å². The van der Waals surface area contributed by atoms with Crippen LogP contribution in [-0.4, -0.2) is 31.8 Å². The summed E-state index contributed by atoms with van der Waals surface area (Å²) in [5.41, 5.74) is 0.518. The first-order valence-electron chi connectivity index (χ1n) is 5.91. The molecule has 1 N–H and O–H groups in total. The number of rotatable bonds is 3. The Hall–Kier alpha value is -1.91. The number of hydrogen-bond donors (Lipinski definition) is 1. The van der Waals surface area contributed by atoms with Crippen LogP contribution in [0.3, 0.4) is 0 Å². The van der Waals surface area contributed by atoms with Gasteiger partial charge < -0.3 is 10.2 Å². The number of aldehydes is 1. The summed E-state index contributed by atoms with van der Waals surface area (Å²) in [6.45, 7) is 0.583. The molecule has 96 valence electrons. The number of nitrogens with zero attached hydrogens (tertiary/aromatic N) is 1. The summed E-state index contributed by atoms with van der Waals surface area (Å²) >= 11 is 0. The van der Waals surface area contributed by atoms with Crippen molar-refractivity contribution < 1.29 is 14.0 Å². The standard InChI is InChI=1S/C13H15FN2O2/c1-15-13(18)11-6-3-7-16(11)12-9(8-17)4-2-5-10(12)14/h2,4-5,8,11H,3,6-7H2,1H3,(H,15,18). The normalized spacial score (nSPS) is 18.8. The molecule has 1 saturated heterocycles.